The van der Waals surface area contributed by atoms with E-state index in [-0.39, 0.29) is 11.5 Å². The van der Waals surface area contributed by atoms with Crippen molar-refractivity contribution in [2.24, 2.45) is 7.05 Å². The highest BCUT2D eigenvalue weighted by atomic mass is 35.5. The summed E-state index contributed by atoms with van der Waals surface area (Å²) in [5.41, 5.74) is 4.63. The van der Waals surface area contributed by atoms with Gasteiger partial charge in [0.05, 0.1) is 24.1 Å². The van der Waals surface area contributed by atoms with Crippen LogP contribution in [0.2, 0.25) is 5.02 Å². The number of fused-ring (bicyclic) bond motifs is 1. The third-order valence-electron chi connectivity index (χ3n) is 7.33. The standard InChI is InChI=1S/C34H35ClN7OSi/c1-23(22-43-44(28-9-7-6-8-10-28)29-17-13-26(14-18-29)34(2,3)4)37-33-39-31-19-30(24-11-15-27(35)16-12-24)38-32(42(31)40-33)25-20-36-41(5)21-25/h6-21,23H,22H2,1-5H3,(H,37,40). The maximum atomic E-state index is 6.67. The highest BCUT2D eigenvalue weighted by molar-refractivity contribution is 6.80. The molecule has 8 nitrogen and oxygen atoms in total. The Kier molecular flexibility index (Phi) is 8.35. The number of hydrogen-bond acceptors (Lipinski definition) is 6. The Bertz CT molecular complexity index is 1860. The molecular formula is C34H35ClN7OSi. The van der Waals surface area contributed by atoms with Gasteiger partial charge >= 0.3 is 0 Å². The summed E-state index contributed by atoms with van der Waals surface area (Å²) in [5.74, 6) is 1.16. The maximum Gasteiger partial charge on any atom is 0.282 e. The zero-order valence-electron chi connectivity index (χ0n) is 25.5. The van der Waals surface area contributed by atoms with E-state index >= 15 is 0 Å². The van der Waals surface area contributed by atoms with Crippen molar-refractivity contribution in [3.8, 4) is 22.6 Å². The van der Waals surface area contributed by atoms with Gasteiger partial charge in [-0.25, -0.2) is 4.98 Å². The molecule has 44 heavy (non-hydrogen) atoms. The Labute approximate surface area is 264 Å². The fourth-order valence-electron chi connectivity index (χ4n) is 4.96. The van der Waals surface area contributed by atoms with Gasteiger partial charge in [0, 0.05) is 35.9 Å². The van der Waals surface area contributed by atoms with Crippen molar-refractivity contribution in [3.05, 3.63) is 108 Å². The predicted molar refractivity (Wildman–Crippen MR) is 179 cm³/mol. The first-order valence-electron chi connectivity index (χ1n) is 14.6. The van der Waals surface area contributed by atoms with Gasteiger partial charge < -0.3 is 9.74 Å². The van der Waals surface area contributed by atoms with Crippen LogP contribution in [0.25, 0.3) is 28.3 Å². The Balaban J connectivity index is 1.25. The number of rotatable bonds is 9. The van der Waals surface area contributed by atoms with Crippen molar-refractivity contribution in [3.63, 3.8) is 0 Å². The summed E-state index contributed by atoms with van der Waals surface area (Å²) in [6.07, 6.45) is 3.69. The average molecular weight is 621 g/mol. The predicted octanol–water partition coefficient (Wildman–Crippen LogP) is 5.77. The summed E-state index contributed by atoms with van der Waals surface area (Å²) in [4.78, 5) is 9.77. The topological polar surface area (TPSA) is 82.2 Å². The first-order valence-corrected chi connectivity index (χ1v) is 16.4. The van der Waals surface area contributed by atoms with E-state index in [2.05, 4.69) is 86.6 Å². The van der Waals surface area contributed by atoms with Crippen molar-refractivity contribution in [2.45, 2.75) is 39.2 Å². The number of hydrogen-bond donors (Lipinski definition) is 1. The van der Waals surface area contributed by atoms with Crippen LogP contribution in [0.3, 0.4) is 0 Å². The van der Waals surface area contributed by atoms with Crippen LogP contribution in [0.1, 0.15) is 33.3 Å². The van der Waals surface area contributed by atoms with Crippen LogP contribution in [0.4, 0.5) is 5.95 Å². The molecule has 1 radical (unpaired) electrons. The normalized spacial score (nSPS) is 12.6. The number of nitrogens with zero attached hydrogens (tertiary/aromatic N) is 6. The second-order valence-electron chi connectivity index (χ2n) is 12.0. The van der Waals surface area contributed by atoms with Crippen LogP contribution >= 0.6 is 11.6 Å². The Hall–Kier alpha value is -4.31. The molecule has 0 aliphatic rings. The molecule has 0 fully saturated rings. The molecule has 1 atom stereocenters. The van der Waals surface area contributed by atoms with Crippen LogP contribution in [-0.4, -0.2) is 51.1 Å². The lowest BCUT2D eigenvalue weighted by Gasteiger charge is -2.22. The zero-order chi connectivity index (χ0) is 30.8. The van der Waals surface area contributed by atoms with Crippen LogP contribution < -0.4 is 15.7 Å². The number of aryl methyl sites for hydroxylation is 1. The molecule has 0 saturated carbocycles. The van der Waals surface area contributed by atoms with E-state index in [1.54, 1.807) is 15.4 Å². The van der Waals surface area contributed by atoms with Crippen molar-refractivity contribution in [1.29, 1.82) is 0 Å². The average Bonchev–Trinajstić information content (AvgIpc) is 3.63. The highest BCUT2D eigenvalue weighted by Crippen LogP contribution is 2.26. The SMILES string of the molecule is CC(CO[Si](c1ccccc1)c1ccc(C(C)(C)C)cc1)Nc1nc2cc(-c3ccc(Cl)cc3)nc(-c3cnn(C)c3)n2n1. The van der Waals surface area contributed by atoms with Gasteiger partial charge in [-0.3, -0.25) is 4.68 Å². The first-order chi connectivity index (χ1) is 21.1. The maximum absolute atomic E-state index is 6.67. The van der Waals surface area contributed by atoms with E-state index in [0.717, 1.165) is 16.8 Å². The molecule has 0 amide bonds. The lowest BCUT2D eigenvalue weighted by molar-refractivity contribution is 0.317. The molecule has 223 valence electrons. The molecule has 0 aliphatic heterocycles. The highest BCUT2D eigenvalue weighted by Gasteiger charge is 2.23. The van der Waals surface area contributed by atoms with E-state index < -0.39 is 9.04 Å². The van der Waals surface area contributed by atoms with E-state index in [1.165, 1.54) is 15.9 Å². The van der Waals surface area contributed by atoms with Crippen LogP contribution in [0, 0.1) is 0 Å². The summed E-state index contributed by atoms with van der Waals surface area (Å²) < 4.78 is 10.2. The van der Waals surface area contributed by atoms with Crippen LogP contribution in [-0.2, 0) is 16.9 Å². The van der Waals surface area contributed by atoms with Gasteiger partial charge in [0.15, 0.2) is 11.5 Å². The van der Waals surface area contributed by atoms with Crippen molar-refractivity contribution in [2.75, 3.05) is 11.9 Å². The number of nitrogens with one attached hydrogen (secondary N) is 1. The number of aromatic nitrogens is 6. The molecule has 0 saturated heterocycles. The molecule has 1 unspecified atom stereocenters. The molecule has 3 aromatic carbocycles. The monoisotopic (exact) mass is 620 g/mol. The summed E-state index contributed by atoms with van der Waals surface area (Å²) in [5, 5.41) is 15.7. The molecule has 1 N–H and O–H groups in total. The minimum atomic E-state index is -1.47. The van der Waals surface area contributed by atoms with Crippen LogP contribution in [0.5, 0.6) is 0 Å². The second kappa shape index (κ2) is 12.4. The van der Waals surface area contributed by atoms with E-state index in [4.69, 9.17) is 31.1 Å². The van der Waals surface area contributed by atoms with Gasteiger partial charge in [-0.05, 0) is 40.4 Å². The smallest absolute Gasteiger partial charge is 0.282 e. The molecule has 3 aromatic heterocycles. The summed E-state index contributed by atoms with van der Waals surface area (Å²) in [7, 11) is 0.413. The zero-order valence-corrected chi connectivity index (χ0v) is 27.2. The number of anilines is 1. The summed E-state index contributed by atoms with van der Waals surface area (Å²) in [6, 6.07) is 28.9. The van der Waals surface area contributed by atoms with Crippen molar-refractivity contribution >= 4 is 42.6 Å². The third kappa shape index (κ3) is 6.60. The van der Waals surface area contributed by atoms with Gasteiger partial charge in [-0.15, -0.1) is 5.10 Å². The summed E-state index contributed by atoms with van der Waals surface area (Å²) >= 11 is 6.14. The number of halogens is 1. The fraction of sp³-hybridized carbons (Fsp3) is 0.235. The van der Waals surface area contributed by atoms with Gasteiger partial charge in [0.25, 0.3) is 9.04 Å². The minimum Gasteiger partial charge on any atom is -0.405 e. The van der Waals surface area contributed by atoms with E-state index in [1.807, 2.05) is 49.6 Å². The molecule has 3 heterocycles. The molecule has 10 heteroatoms. The molecular weight excluding hydrogens is 586 g/mol. The molecule has 0 bridgehead atoms. The molecule has 6 aromatic rings. The van der Waals surface area contributed by atoms with E-state index in [0.29, 0.717) is 29.0 Å². The van der Waals surface area contributed by atoms with Crippen LogP contribution in [0.15, 0.2) is 97.3 Å². The molecule has 6 rings (SSSR count). The fourth-order valence-corrected chi connectivity index (χ4v) is 7.13. The van der Waals surface area contributed by atoms with Gasteiger partial charge in [-0.1, -0.05) is 99.1 Å². The molecule has 0 spiro atoms. The second-order valence-corrected chi connectivity index (χ2v) is 14.5. The van der Waals surface area contributed by atoms with Gasteiger partial charge in [0.2, 0.25) is 5.95 Å². The summed E-state index contributed by atoms with van der Waals surface area (Å²) in [6.45, 7) is 9.27. The number of benzene rings is 3. The Morgan fingerprint density at radius 3 is 2.27 bits per heavy atom. The minimum absolute atomic E-state index is 0.0458. The largest absolute Gasteiger partial charge is 0.405 e. The lowest BCUT2D eigenvalue weighted by Crippen LogP contribution is -2.46. The van der Waals surface area contributed by atoms with Gasteiger partial charge in [0.1, 0.15) is 0 Å². The third-order valence-corrected chi connectivity index (χ3v) is 9.75. The molecule has 0 aliphatic carbocycles. The first kappa shape index (κ1) is 29.7. The Morgan fingerprint density at radius 1 is 0.909 bits per heavy atom. The van der Waals surface area contributed by atoms with Crippen molar-refractivity contribution in [1.82, 2.24) is 29.4 Å². The quantitative estimate of drug-likeness (QED) is 0.207. The van der Waals surface area contributed by atoms with E-state index in [9.17, 15) is 0 Å². The van der Waals surface area contributed by atoms with Gasteiger partial charge in [-0.2, -0.15) is 14.6 Å². The Morgan fingerprint density at radius 2 is 1.61 bits per heavy atom. The lowest BCUT2D eigenvalue weighted by atomic mass is 9.87. The van der Waals surface area contributed by atoms with Crippen molar-refractivity contribution < 1.29 is 4.43 Å².